The van der Waals surface area contributed by atoms with Crippen molar-refractivity contribution in [3.63, 3.8) is 0 Å². The van der Waals surface area contributed by atoms with Crippen molar-refractivity contribution in [2.24, 2.45) is 0 Å². The summed E-state index contributed by atoms with van der Waals surface area (Å²) in [6.45, 7) is -0.0125. The van der Waals surface area contributed by atoms with Gasteiger partial charge in [-0.25, -0.2) is 0 Å². The highest BCUT2D eigenvalue weighted by molar-refractivity contribution is 6.35. The van der Waals surface area contributed by atoms with Crippen LogP contribution in [0.4, 0.5) is 0 Å². The van der Waals surface area contributed by atoms with E-state index in [0.717, 1.165) is 0 Å². The lowest BCUT2D eigenvalue weighted by Crippen LogP contribution is -1.93. The van der Waals surface area contributed by atoms with Crippen molar-refractivity contribution in [1.82, 2.24) is 0 Å². The molecule has 0 aliphatic heterocycles. The Bertz CT molecular complexity index is 319. The first-order valence-corrected chi connectivity index (χ1v) is 3.94. The van der Waals surface area contributed by atoms with E-state index in [4.69, 9.17) is 33.2 Å². The fourth-order valence-corrected chi connectivity index (χ4v) is 1.17. The number of benzene rings is 1. The molecule has 0 amide bonds. The first kappa shape index (κ1) is 9.18. The highest BCUT2D eigenvalue weighted by Gasteiger charge is 2.00. The Balaban J connectivity index is 2.81. The number of hydrogen-bond acceptors (Lipinski definition) is 2. The van der Waals surface area contributed by atoms with Gasteiger partial charge in [0.25, 0.3) is 0 Å². The topological polar surface area (TPSA) is 33.0 Å². The van der Waals surface area contributed by atoms with Gasteiger partial charge in [-0.2, -0.15) is 5.26 Å². The van der Waals surface area contributed by atoms with Gasteiger partial charge in [-0.15, -0.1) is 0 Å². The van der Waals surface area contributed by atoms with E-state index in [-0.39, 0.29) is 6.61 Å². The normalized spacial score (nSPS) is 9.08. The summed E-state index contributed by atoms with van der Waals surface area (Å²) >= 11 is 11.4. The number of halogens is 2. The Labute approximate surface area is 80.3 Å². The summed E-state index contributed by atoms with van der Waals surface area (Å²) in [5.41, 5.74) is 0. The number of ether oxygens (including phenoxy) is 1. The monoisotopic (exact) mass is 201 g/mol. The van der Waals surface area contributed by atoms with Crippen molar-refractivity contribution in [3.8, 4) is 11.8 Å². The minimum atomic E-state index is -0.0125. The zero-order valence-electron chi connectivity index (χ0n) is 6.05. The van der Waals surface area contributed by atoms with Gasteiger partial charge in [0.05, 0.1) is 5.02 Å². The van der Waals surface area contributed by atoms with Gasteiger partial charge in [-0.3, -0.25) is 0 Å². The van der Waals surface area contributed by atoms with Crippen molar-refractivity contribution < 1.29 is 4.74 Å². The van der Waals surface area contributed by atoms with E-state index in [9.17, 15) is 0 Å². The summed E-state index contributed by atoms with van der Waals surface area (Å²) in [6, 6.07) is 6.69. The van der Waals surface area contributed by atoms with Crippen molar-refractivity contribution in [2.45, 2.75) is 0 Å². The third-order valence-electron chi connectivity index (χ3n) is 1.19. The Kier molecular flexibility index (Phi) is 3.21. The Morgan fingerprint density at radius 1 is 1.42 bits per heavy atom. The van der Waals surface area contributed by atoms with Crippen molar-refractivity contribution in [1.29, 1.82) is 5.26 Å². The summed E-state index contributed by atoms with van der Waals surface area (Å²) in [7, 11) is 0. The molecule has 2 nitrogen and oxygen atoms in total. The SMILES string of the molecule is N#CCOc1ccc(Cl)cc1Cl. The molecule has 0 heterocycles. The first-order chi connectivity index (χ1) is 5.74. The quantitative estimate of drug-likeness (QED) is 0.738. The van der Waals surface area contributed by atoms with Crippen LogP contribution in [0.15, 0.2) is 18.2 Å². The largest absolute Gasteiger partial charge is 0.477 e. The zero-order valence-corrected chi connectivity index (χ0v) is 7.56. The van der Waals surface area contributed by atoms with Gasteiger partial charge < -0.3 is 4.74 Å². The molecule has 4 heteroatoms. The van der Waals surface area contributed by atoms with Gasteiger partial charge in [0.1, 0.15) is 11.8 Å². The van der Waals surface area contributed by atoms with E-state index in [1.54, 1.807) is 18.2 Å². The molecular formula is C8H5Cl2NO. The Hall–Kier alpha value is -0.910. The van der Waals surface area contributed by atoms with Crippen molar-refractivity contribution in [2.75, 3.05) is 6.61 Å². The van der Waals surface area contributed by atoms with Crippen LogP contribution >= 0.6 is 23.2 Å². The first-order valence-electron chi connectivity index (χ1n) is 3.19. The molecule has 0 saturated carbocycles. The minimum absolute atomic E-state index is 0.0125. The fourth-order valence-electron chi connectivity index (χ4n) is 0.702. The number of nitrogens with zero attached hydrogens (tertiary/aromatic N) is 1. The predicted molar refractivity (Wildman–Crippen MR) is 47.6 cm³/mol. The van der Waals surface area contributed by atoms with E-state index in [0.29, 0.717) is 15.8 Å². The molecule has 0 aromatic heterocycles. The summed E-state index contributed by atoms with van der Waals surface area (Å²) in [6.07, 6.45) is 0. The maximum absolute atomic E-state index is 8.23. The molecule has 0 bridgehead atoms. The molecule has 0 spiro atoms. The number of hydrogen-bond donors (Lipinski definition) is 0. The van der Waals surface area contributed by atoms with Crippen LogP contribution in [0.3, 0.4) is 0 Å². The van der Waals surface area contributed by atoms with Gasteiger partial charge in [-0.05, 0) is 18.2 Å². The van der Waals surface area contributed by atoms with Gasteiger partial charge in [0, 0.05) is 5.02 Å². The molecule has 1 aromatic rings. The second-order valence-corrected chi connectivity index (χ2v) is 2.87. The smallest absolute Gasteiger partial charge is 0.174 e. The molecule has 1 rings (SSSR count). The average molecular weight is 202 g/mol. The molecule has 1 aromatic carbocycles. The Morgan fingerprint density at radius 3 is 2.75 bits per heavy atom. The van der Waals surface area contributed by atoms with Crippen LogP contribution < -0.4 is 4.74 Å². The Morgan fingerprint density at radius 2 is 2.17 bits per heavy atom. The van der Waals surface area contributed by atoms with Crippen LogP contribution in [0, 0.1) is 11.3 Å². The highest BCUT2D eigenvalue weighted by atomic mass is 35.5. The summed E-state index contributed by atoms with van der Waals surface area (Å²) in [4.78, 5) is 0. The van der Waals surface area contributed by atoms with Gasteiger partial charge in [-0.1, -0.05) is 23.2 Å². The standard InChI is InChI=1S/C8H5Cl2NO/c9-6-1-2-8(7(10)5-6)12-4-3-11/h1-2,5H,4H2. The van der Waals surface area contributed by atoms with E-state index in [1.807, 2.05) is 6.07 Å². The average Bonchev–Trinajstić information content (AvgIpc) is 2.03. The molecule has 0 aliphatic carbocycles. The summed E-state index contributed by atoms with van der Waals surface area (Å²) in [5, 5.41) is 9.19. The molecule has 62 valence electrons. The molecule has 0 saturated heterocycles. The lowest BCUT2D eigenvalue weighted by molar-refractivity contribution is 0.368. The second-order valence-electron chi connectivity index (χ2n) is 2.02. The van der Waals surface area contributed by atoms with Crippen molar-refractivity contribution in [3.05, 3.63) is 28.2 Å². The summed E-state index contributed by atoms with van der Waals surface area (Å²) < 4.78 is 4.99. The minimum Gasteiger partial charge on any atom is -0.477 e. The second kappa shape index (κ2) is 4.20. The van der Waals surface area contributed by atoms with Crippen LogP contribution in [0.25, 0.3) is 0 Å². The molecule has 0 unspecified atom stereocenters. The van der Waals surface area contributed by atoms with E-state index in [2.05, 4.69) is 0 Å². The van der Waals surface area contributed by atoms with Gasteiger partial charge in [0.15, 0.2) is 6.61 Å². The third kappa shape index (κ3) is 2.30. The third-order valence-corrected chi connectivity index (χ3v) is 1.72. The maximum Gasteiger partial charge on any atom is 0.174 e. The molecule has 0 N–H and O–H groups in total. The maximum atomic E-state index is 8.23. The summed E-state index contributed by atoms with van der Waals surface area (Å²) in [5.74, 6) is 0.475. The van der Waals surface area contributed by atoms with Gasteiger partial charge >= 0.3 is 0 Å². The molecular weight excluding hydrogens is 197 g/mol. The van der Waals surface area contributed by atoms with Crippen molar-refractivity contribution >= 4 is 23.2 Å². The molecule has 12 heavy (non-hydrogen) atoms. The lowest BCUT2D eigenvalue weighted by atomic mass is 10.3. The molecule has 0 atom stereocenters. The van der Waals surface area contributed by atoms with Crippen LogP contribution in [-0.4, -0.2) is 6.61 Å². The molecule has 0 aliphatic rings. The van der Waals surface area contributed by atoms with Crippen LogP contribution in [0.1, 0.15) is 0 Å². The fraction of sp³-hybridized carbons (Fsp3) is 0.125. The highest BCUT2D eigenvalue weighted by Crippen LogP contribution is 2.27. The van der Waals surface area contributed by atoms with E-state index in [1.165, 1.54) is 0 Å². The van der Waals surface area contributed by atoms with Crippen LogP contribution in [0.5, 0.6) is 5.75 Å². The van der Waals surface area contributed by atoms with E-state index >= 15 is 0 Å². The lowest BCUT2D eigenvalue weighted by Gasteiger charge is -2.03. The number of nitriles is 1. The van der Waals surface area contributed by atoms with E-state index < -0.39 is 0 Å². The molecule has 0 fully saturated rings. The van der Waals surface area contributed by atoms with Crippen LogP contribution in [-0.2, 0) is 0 Å². The van der Waals surface area contributed by atoms with Gasteiger partial charge in [0.2, 0.25) is 0 Å². The molecule has 0 radical (unpaired) electrons. The predicted octanol–water partition coefficient (Wildman–Crippen LogP) is 2.90. The number of rotatable bonds is 2. The van der Waals surface area contributed by atoms with Crippen LogP contribution in [0.2, 0.25) is 10.0 Å². The zero-order chi connectivity index (χ0) is 8.97.